The first-order chi connectivity index (χ1) is 7.86. The molecule has 0 radical (unpaired) electrons. The van der Waals surface area contributed by atoms with Gasteiger partial charge >= 0.3 is 0 Å². The molecular formula is C12H20N2O2S. The lowest BCUT2D eigenvalue weighted by Crippen LogP contribution is -2.27. The molecule has 4 nitrogen and oxygen atoms in total. The fourth-order valence-electron chi connectivity index (χ4n) is 1.39. The Morgan fingerprint density at radius 2 is 2.00 bits per heavy atom. The van der Waals surface area contributed by atoms with Crippen molar-refractivity contribution < 1.29 is 8.42 Å². The third-order valence-electron chi connectivity index (χ3n) is 2.53. The molecule has 0 saturated heterocycles. The molecule has 1 rings (SSSR count). The third-order valence-corrected chi connectivity index (χ3v) is 3.95. The third kappa shape index (κ3) is 3.80. The highest BCUT2D eigenvalue weighted by atomic mass is 32.2. The van der Waals surface area contributed by atoms with Crippen LogP contribution in [-0.4, -0.2) is 15.0 Å². The first-order valence-electron chi connectivity index (χ1n) is 5.66. The maximum absolute atomic E-state index is 12.0. The topological polar surface area (TPSA) is 72.2 Å². The number of rotatable bonds is 5. The molecule has 17 heavy (non-hydrogen) atoms. The van der Waals surface area contributed by atoms with Crippen molar-refractivity contribution in [1.29, 1.82) is 0 Å². The molecule has 0 atom stereocenters. The Bertz CT molecular complexity index is 481. The zero-order valence-electron chi connectivity index (χ0n) is 10.5. The van der Waals surface area contributed by atoms with Crippen LogP contribution >= 0.6 is 0 Å². The first-order valence-corrected chi connectivity index (χ1v) is 7.14. The SMILES string of the molecule is Cc1ccc(S(=O)(=O)NCC(C)C)cc1CN. The fourth-order valence-corrected chi connectivity index (χ4v) is 2.66. The average Bonchev–Trinajstić information content (AvgIpc) is 2.27. The van der Waals surface area contributed by atoms with E-state index in [-0.39, 0.29) is 10.8 Å². The highest BCUT2D eigenvalue weighted by Gasteiger charge is 2.14. The molecule has 0 aliphatic heterocycles. The van der Waals surface area contributed by atoms with E-state index in [1.807, 2.05) is 20.8 Å². The van der Waals surface area contributed by atoms with Crippen LogP contribution in [0, 0.1) is 12.8 Å². The van der Waals surface area contributed by atoms with Gasteiger partial charge in [-0.15, -0.1) is 0 Å². The number of hydrogen-bond donors (Lipinski definition) is 2. The van der Waals surface area contributed by atoms with Crippen LogP contribution in [0.3, 0.4) is 0 Å². The summed E-state index contributed by atoms with van der Waals surface area (Å²) in [5, 5.41) is 0. The second-order valence-corrected chi connectivity index (χ2v) is 6.31. The van der Waals surface area contributed by atoms with Crippen molar-refractivity contribution in [2.45, 2.75) is 32.2 Å². The van der Waals surface area contributed by atoms with Gasteiger partial charge in [0.25, 0.3) is 0 Å². The molecule has 5 heteroatoms. The minimum atomic E-state index is -3.41. The highest BCUT2D eigenvalue weighted by Crippen LogP contribution is 2.15. The van der Waals surface area contributed by atoms with Gasteiger partial charge in [0, 0.05) is 13.1 Å². The standard InChI is InChI=1S/C12H20N2O2S/c1-9(2)8-14-17(15,16)12-5-4-10(3)11(6-12)7-13/h4-6,9,14H,7-8,13H2,1-3H3. The van der Waals surface area contributed by atoms with Gasteiger partial charge in [0.15, 0.2) is 0 Å². The van der Waals surface area contributed by atoms with E-state index in [1.165, 1.54) is 0 Å². The van der Waals surface area contributed by atoms with Crippen LogP contribution in [0.4, 0.5) is 0 Å². The Kier molecular flexibility index (Phi) is 4.68. The van der Waals surface area contributed by atoms with Gasteiger partial charge in [-0.3, -0.25) is 0 Å². The van der Waals surface area contributed by atoms with Crippen LogP contribution in [0.2, 0.25) is 0 Å². The second kappa shape index (κ2) is 5.62. The van der Waals surface area contributed by atoms with E-state index in [1.54, 1.807) is 18.2 Å². The van der Waals surface area contributed by atoms with Crippen LogP contribution < -0.4 is 10.5 Å². The van der Waals surface area contributed by atoms with Gasteiger partial charge in [-0.2, -0.15) is 0 Å². The minimum absolute atomic E-state index is 0.282. The Balaban J connectivity index is 2.99. The van der Waals surface area contributed by atoms with E-state index in [2.05, 4.69) is 4.72 Å². The number of benzene rings is 1. The molecule has 1 aromatic rings. The molecule has 3 N–H and O–H groups in total. The molecule has 0 unspecified atom stereocenters. The zero-order valence-corrected chi connectivity index (χ0v) is 11.3. The van der Waals surface area contributed by atoms with E-state index in [0.717, 1.165) is 11.1 Å². The monoisotopic (exact) mass is 256 g/mol. The molecule has 0 heterocycles. The number of nitrogens with two attached hydrogens (primary N) is 1. The Morgan fingerprint density at radius 1 is 1.35 bits per heavy atom. The number of hydrogen-bond acceptors (Lipinski definition) is 3. The summed E-state index contributed by atoms with van der Waals surface area (Å²) in [6, 6.07) is 5.03. The normalized spacial score (nSPS) is 12.1. The van der Waals surface area contributed by atoms with Gasteiger partial charge in [0.2, 0.25) is 10.0 Å². The summed E-state index contributed by atoms with van der Waals surface area (Å²) in [5.74, 6) is 0.282. The average molecular weight is 256 g/mol. The lowest BCUT2D eigenvalue weighted by atomic mass is 10.1. The smallest absolute Gasteiger partial charge is 0.240 e. The van der Waals surface area contributed by atoms with E-state index in [4.69, 9.17) is 5.73 Å². The largest absolute Gasteiger partial charge is 0.326 e. The summed E-state index contributed by atoms with van der Waals surface area (Å²) in [4.78, 5) is 0.282. The summed E-state index contributed by atoms with van der Waals surface area (Å²) in [7, 11) is -3.41. The molecule has 1 aromatic carbocycles. The molecule has 0 aromatic heterocycles. The van der Waals surface area contributed by atoms with Gasteiger partial charge in [-0.1, -0.05) is 19.9 Å². The molecule has 0 bridgehead atoms. The van der Waals surface area contributed by atoms with Gasteiger partial charge in [-0.25, -0.2) is 13.1 Å². The predicted octanol–water partition coefficient (Wildman–Crippen LogP) is 1.39. The van der Waals surface area contributed by atoms with Crippen LogP contribution in [-0.2, 0) is 16.6 Å². The summed E-state index contributed by atoms with van der Waals surface area (Å²) in [5.41, 5.74) is 7.44. The van der Waals surface area contributed by atoms with Crippen molar-refractivity contribution in [2.24, 2.45) is 11.7 Å². The quantitative estimate of drug-likeness (QED) is 0.836. The zero-order chi connectivity index (χ0) is 13.1. The maximum Gasteiger partial charge on any atom is 0.240 e. The van der Waals surface area contributed by atoms with Crippen molar-refractivity contribution in [3.05, 3.63) is 29.3 Å². The molecular weight excluding hydrogens is 236 g/mol. The van der Waals surface area contributed by atoms with Crippen molar-refractivity contribution in [3.63, 3.8) is 0 Å². The van der Waals surface area contributed by atoms with Crippen LogP contribution in [0.1, 0.15) is 25.0 Å². The highest BCUT2D eigenvalue weighted by molar-refractivity contribution is 7.89. The molecule has 0 amide bonds. The van der Waals surface area contributed by atoms with Gasteiger partial charge in [0.1, 0.15) is 0 Å². The summed E-state index contributed by atoms with van der Waals surface area (Å²) in [6.45, 7) is 6.62. The second-order valence-electron chi connectivity index (χ2n) is 4.54. The Hall–Kier alpha value is -0.910. The number of sulfonamides is 1. The van der Waals surface area contributed by atoms with E-state index in [0.29, 0.717) is 13.1 Å². The number of aryl methyl sites for hydroxylation is 1. The fraction of sp³-hybridized carbons (Fsp3) is 0.500. The van der Waals surface area contributed by atoms with Crippen LogP contribution in [0.5, 0.6) is 0 Å². The molecule has 0 fully saturated rings. The van der Waals surface area contributed by atoms with Crippen molar-refractivity contribution in [3.8, 4) is 0 Å². The Labute approximate surface area is 103 Å². The lowest BCUT2D eigenvalue weighted by molar-refractivity contribution is 0.560. The number of nitrogens with one attached hydrogen (secondary N) is 1. The van der Waals surface area contributed by atoms with Crippen molar-refractivity contribution in [1.82, 2.24) is 4.72 Å². The van der Waals surface area contributed by atoms with Gasteiger partial charge in [-0.05, 0) is 36.1 Å². The lowest BCUT2D eigenvalue weighted by Gasteiger charge is -2.10. The van der Waals surface area contributed by atoms with E-state index in [9.17, 15) is 8.42 Å². The first kappa shape index (κ1) is 14.2. The van der Waals surface area contributed by atoms with Crippen molar-refractivity contribution >= 4 is 10.0 Å². The van der Waals surface area contributed by atoms with E-state index < -0.39 is 10.0 Å². The molecule has 0 spiro atoms. The minimum Gasteiger partial charge on any atom is -0.326 e. The molecule has 0 aliphatic carbocycles. The molecule has 0 aliphatic rings. The van der Waals surface area contributed by atoms with Crippen LogP contribution in [0.15, 0.2) is 23.1 Å². The van der Waals surface area contributed by atoms with E-state index >= 15 is 0 Å². The summed E-state index contributed by atoms with van der Waals surface area (Å²) >= 11 is 0. The summed E-state index contributed by atoms with van der Waals surface area (Å²) in [6.07, 6.45) is 0. The van der Waals surface area contributed by atoms with Gasteiger partial charge in [0.05, 0.1) is 4.90 Å². The molecule has 96 valence electrons. The maximum atomic E-state index is 12.0. The molecule has 0 saturated carbocycles. The van der Waals surface area contributed by atoms with Gasteiger partial charge < -0.3 is 5.73 Å². The summed E-state index contributed by atoms with van der Waals surface area (Å²) < 4.78 is 26.5. The Morgan fingerprint density at radius 3 is 2.53 bits per heavy atom. The van der Waals surface area contributed by atoms with Crippen LogP contribution in [0.25, 0.3) is 0 Å². The predicted molar refractivity (Wildman–Crippen MR) is 69.1 cm³/mol. The van der Waals surface area contributed by atoms with Crippen molar-refractivity contribution in [2.75, 3.05) is 6.54 Å².